The monoisotopic (exact) mass is 497 g/mol. The van der Waals surface area contributed by atoms with Crippen molar-refractivity contribution >= 4 is 33.1 Å². The first-order chi connectivity index (χ1) is 17.6. The van der Waals surface area contributed by atoms with Crippen molar-refractivity contribution in [2.75, 3.05) is 14.2 Å². The minimum atomic E-state index is -0.289. The maximum Gasteiger partial charge on any atom is 0.162 e. The molecule has 0 saturated carbocycles. The number of halogens is 2. The second kappa shape index (κ2) is 8.81. The number of fused-ring (bicyclic) bond motifs is 3. The minimum Gasteiger partial charge on any atom is -0.493 e. The minimum absolute atomic E-state index is 0.288. The van der Waals surface area contributed by atoms with Gasteiger partial charge in [-0.05, 0) is 53.6 Å². The fraction of sp³-hybridized carbons (Fsp3) is 0.0667. The molecular formula is C30H21F2NO2S. The fourth-order valence-corrected chi connectivity index (χ4v) is 6.02. The summed E-state index contributed by atoms with van der Waals surface area (Å²) in [5, 5.41) is 2.00. The number of benzene rings is 4. The molecule has 2 heterocycles. The molecular weight excluding hydrogens is 476 g/mol. The number of ether oxygens (including phenoxy) is 2. The maximum absolute atomic E-state index is 13.8. The number of para-hydroxylation sites is 1. The Morgan fingerprint density at radius 3 is 1.81 bits per heavy atom. The highest BCUT2D eigenvalue weighted by molar-refractivity contribution is 7.21. The molecule has 6 aromatic rings. The number of hydrogen-bond donors (Lipinski definition) is 0. The molecule has 0 aliphatic carbocycles. The third kappa shape index (κ3) is 3.53. The highest BCUT2D eigenvalue weighted by Gasteiger charge is 2.25. The average Bonchev–Trinajstić information content (AvgIpc) is 3.45. The Bertz CT molecular complexity index is 1700. The Morgan fingerprint density at radius 2 is 1.22 bits per heavy atom. The van der Waals surface area contributed by atoms with Crippen LogP contribution in [-0.4, -0.2) is 18.8 Å². The molecule has 0 atom stereocenters. The number of aromatic nitrogens is 1. The summed E-state index contributed by atoms with van der Waals surface area (Å²) in [6.45, 7) is 0. The first kappa shape index (κ1) is 22.3. The molecule has 178 valence electrons. The van der Waals surface area contributed by atoms with Gasteiger partial charge in [0.2, 0.25) is 0 Å². The van der Waals surface area contributed by atoms with Crippen LogP contribution in [0.25, 0.3) is 48.4 Å². The van der Waals surface area contributed by atoms with Gasteiger partial charge >= 0.3 is 0 Å². The van der Waals surface area contributed by atoms with Crippen LogP contribution in [-0.2, 0) is 0 Å². The van der Waals surface area contributed by atoms with Crippen LogP contribution in [0.4, 0.5) is 8.78 Å². The first-order valence-corrected chi connectivity index (χ1v) is 12.2. The maximum atomic E-state index is 13.8. The smallest absolute Gasteiger partial charge is 0.162 e. The van der Waals surface area contributed by atoms with Gasteiger partial charge in [0.05, 0.1) is 30.1 Å². The molecule has 0 radical (unpaired) electrons. The number of rotatable bonds is 5. The molecule has 0 saturated heterocycles. The Balaban J connectivity index is 1.82. The standard InChI is InChI=1S/C30H21F2NO2S/c1-34-25-16-23-24(17-26(25)35-2)33(22-6-4-3-5-7-22)28-27(23)29(18-8-12-20(31)13-9-18)36-30(28)19-10-14-21(32)15-11-19/h3-17H,1-2H3. The Labute approximate surface area is 210 Å². The van der Waals surface area contributed by atoms with E-state index in [-0.39, 0.29) is 11.6 Å². The largest absolute Gasteiger partial charge is 0.493 e. The van der Waals surface area contributed by atoms with Gasteiger partial charge in [0, 0.05) is 27.4 Å². The molecule has 0 aliphatic rings. The van der Waals surface area contributed by atoms with Crippen LogP contribution in [0.5, 0.6) is 11.5 Å². The molecule has 0 unspecified atom stereocenters. The van der Waals surface area contributed by atoms with Crippen LogP contribution >= 0.6 is 11.3 Å². The molecule has 0 spiro atoms. The van der Waals surface area contributed by atoms with Crippen molar-refractivity contribution in [3.8, 4) is 38.1 Å². The summed E-state index contributed by atoms with van der Waals surface area (Å²) in [5.74, 6) is 0.668. The van der Waals surface area contributed by atoms with Crippen molar-refractivity contribution in [2.24, 2.45) is 0 Å². The molecule has 4 aromatic carbocycles. The highest BCUT2D eigenvalue weighted by atomic mass is 32.1. The zero-order valence-electron chi connectivity index (χ0n) is 19.6. The molecule has 6 heteroatoms. The van der Waals surface area contributed by atoms with Gasteiger partial charge in [0.15, 0.2) is 11.5 Å². The van der Waals surface area contributed by atoms with Gasteiger partial charge in [-0.15, -0.1) is 11.3 Å². The van der Waals surface area contributed by atoms with Crippen molar-refractivity contribution < 1.29 is 18.3 Å². The molecule has 6 rings (SSSR count). The van der Waals surface area contributed by atoms with Gasteiger partial charge in [-0.3, -0.25) is 0 Å². The predicted molar refractivity (Wildman–Crippen MR) is 143 cm³/mol. The molecule has 2 aromatic heterocycles. The summed E-state index contributed by atoms with van der Waals surface area (Å²) >= 11 is 1.61. The quantitative estimate of drug-likeness (QED) is 0.238. The topological polar surface area (TPSA) is 23.4 Å². The van der Waals surface area contributed by atoms with Gasteiger partial charge < -0.3 is 14.0 Å². The number of thiophene rings is 1. The van der Waals surface area contributed by atoms with E-state index in [4.69, 9.17) is 9.47 Å². The lowest BCUT2D eigenvalue weighted by Gasteiger charge is -2.12. The predicted octanol–water partition coefficient (Wildman–Crippen LogP) is 8.47. The average molecular weight is 498 g/mol. The van der Waals surface area contributed by atoms with E-state index in [9.17, 15) is 8.78 Å². The van der Waals surface area contributed by atoms with E-state index in [0.717, 1.165) is 48.4 Å². The number of nitrogens with zero attached hydrogens (tertiary/aromatic N) is 1. The summed E-state index contributed by atoms with van der Waals surface area (Å²) in [6.07, 6.45) is 0. The van der Waals surface area contributed by atoms with Crippen molar-refractivity contribution in [1.82, 2.24) is 4.57 Å². The van der Waals surface area contributed by atoms with Crippen LogP contribution < -0.4 is 9.47 Å². The van der Waals surface area contributed by atoms with E-state index in [0.29, 0.717) is 11.5 Å². The summed E-state index contributed by atoms with van der Waals surface area (Å²) in [7, 11) is 3.24. The van der Waals surface area contributed by atoms with E-state index in [2.05, 4.69) is 16.7 Å². The Hall–Kier alpha value is -4.16. The second-order valence-electron chi connectivity index (χ2n) is 8.39. The highest BCUT2D eigenvalue weighted by Crippen LogP contribution is 2.51. The third-order valence-corrected chi connectivity index (χ3v) is 7.62. The van der Waals surface area contributed by atoms with E-state index in [1.807, 2.05) is 30.3 Å². The summed E-state index contributed by atoms with van der Waals surface area (Å²) in [4.78, 5) is 1.98. The molecule has 3 nitrogen and oxygen atoms in total. The van der Waals surface area contributed by atoms with Gasteiger partial charge in [0.1, 0.15) is 11.6 Å². The van der Waals surface area contributed by atoms with Gasteiger partial charge in [-0.25, -0.2) is 8.78 Å². The van der Waals surface area contributed by atoms with Crippen LogP contribution in [0.3, 0.4) is 0 Å². The lowest BCUT2D eigenvalue weighted by atomic mass is 10.1. The summed E-state index contributed by atoms with van der Waals surface area (Å²) < 4.78 is 41.2. The molecule has 36 heavy (non-hydrogen) atoms. The van der Waals surface area contributed by atoms with Crippen molar-refractivity contribution in [3.63, 3.8) is 0 Å². The third-order valence-electron chi connectivity index (χ3n) is 6.35. The zero-order chi connectivity index (χ0) is 24.8. The van der Waals surface area contributed by atoms with Crippen molar-refractivity contribution in [3.05, 3.63) is 103 Å². The van der Waals surface area contributed by atoms with Crippen LogP contribution in [0, 0.1) is 11.6 Å². The zero-order valence-corrected chi connectivity index (χ0v) is 20.4. The molecule has 0 aliphatic heterocycles. The van der Waals surface area contributed by atoms with Gasteiger partial charge in [0.25, 0.3) is 0 Å². The summed E-state index contributed by atoms with van der Waals surface area (Å²) in [5.41, 5.74) is 4.72. The SMILES string of the molecule is COc1cc2c3c(-c4ccc(F)cc4)sc(-c4ccc(F)cc4)c3n(-c3ccccc3)c2cc1OC. The van der Waals surface area contributed by atoms with Crippen LogP contribution in [0.1, 0.15) is 0 Å². The molecule has 0 N–H and O–H groups in total. The first-order valence-electron chi connectivity index (χ1n) is 11.4. The van der Waals surface area contributed by atoms with E-state index < -0.39 is 0 Å². The normalized spacial score (nSPS) is 11.3. The number of hydrogen-bond acceptors (Lipinski definition) is 3. The lowest BCUT2D eigenvalue weighted by molar-refractivity contribution is 0.356. The van der Waals surface area contributed by atoms with E-state index in [1.165, 1.54) is 24.3 Å². The van der Waals surface area contributed by atoms with Crippen molar-refractivity contribution in [1.29, 1.82) is 0 Å². The van der Waals surface area contributed by atoms with Crippen LogP contribution in [0.15, 0.2) is 91.0 Å². The number of methoxy groups -OCH3 is 2. The van der Waals surface area contributed by atoms with Crippen LogP contribution in [0.2, 0.25) is 0 Å². The second-order valence-corrected chi connectivity index (χ2v) is 9.41. The summed E-state index contributed by atoms with van der Waals surface area (Å²) in [6, 6.07) is 27.1. The molecule has 0 fully saturated rings. The lowest BCUT2D eigenvalue weighted by Crippen LogP contribution is -1.95. The van der Waals surface area contributed by atoms with E-state index >= 15 is 0 Å². The van der Waals surface area contributed by atoms with Crippen molar-refractivity contribution in [2.45, 2.75) is 0 Å². The Morgan fingerprint density at radius 1 is 0.667 bits per heavy atom. The van der Waals surface area contributed by atoms with Gasteiger partial charge in [-0.1, -0.05) is 42.5 Å². The fourth-order valence-electron chi connectivity index (χ4n) is 4.71. The van der Waals surface area contributed by atoms with Gasteiger partial charge in [-0.2, -0.15) is 0 Å². The van der Waals surface area contributed by atoms with E-state index in [1.54, 1.807) is 49.8 Å². The molecule has 0 amide bonds. The molecule has 0 bridgehead atoms. The Kier molecular flexibility index (Phi) is 5.46.